The Bertz CT molecular complexity index is 1130. The molecule has 1 aliphatic carbocycles. The number of amides is 1. The van der Waals surface area contributed by atoms with Gasteiger partial charge in [0.2, 0.25) is 0 Å². The standard InChI is InChI=1S/C24H22N2O4/c1-16(27)30-22-9-8-21(25-12-22)14-29-23(28)26-13-20-11-24(20,15-26)19-7-6-17-4-2-3-5-18(17)10-19/h2-10,12,20H,11,13-15H2,1H3/t20-,24+/m1/s1. The first-order chi connectivity index (χ1) is 14.5. The van der Waals surface area contributed by atoms with E-state index in [9.17, 15) is 9.59 Å². The third-order valence-corrected chi connectivity index (χ3v) is 6.13. The fraction of sp³-hybridized carbons (Fsp3) is 0.292. The number of hydrogen-bond acceptors (Lipinski definition) is 5. The summed E-state index contributed by atoms with van der Waals surface area (Å²) >= 11 is 0. The third-order valence-electron chi connectivity index (χ3n) is 6.13. The fourth-order valence-corrected chi connectivity index (χ4v) is 4.52. The molecule has 5 rings (SSSR count). The first kappa shape index (κ1) is 18.6. The van der Waals surface area contributed by atoms with E-state index in [1.807, 2.05) is 6.07 Å². The molecule has 1 aromatic heterocycles. The van der Waals surface area contributed by atoms with Crippen LogP contribution in [0.5, 0.6) is 5.75 Å². The molecule has 0 unspecified atom stereocenters. The van der Waals surface area contributed by atoms with Crippen molar-refractivity contribution in [3.63, 3.8) is 0 Å². The van der Waals surface area contributed by atoms with Gasteiger partial charge >= 0.3 is 12.1 Å². The maximum atomic E-state index is 12.6. The predicted octanol–water partition coefficient (Wildman–Crippen LogP) is 4.07. The van der Waals surface area contributed by atoms with Crippen molar-refractivity contribution in [3.05, 3.63) is 72.1 Å². The van der Waals surface area contributed by atoms with E-state index in [1.54, 1.807) is 17.0 Å². The molecule has 152 valence electrons. The van der Waals surface area contributed by atoms with Crippen molar-refractivity contribution in [2.45, 2.75) is 25.4 Å². The van der Waals surface area contributed by atoms with Crippen molar-refractivity contribution in [1.82, 2.24) is 9.88 Å². The number of rotatable bonds is 4. The Kier molecular flexibility index (Phi) is 4.42. The zero-order valence-electron chi connectivity index (χ0n) is 16.7. The molecule has 0 spiro atoms. The lowest BCUT2D eigenvalue weighted by atomic mass is 9.93. The summed E-state index contributed by atoms with van der Waals surface area (Å²) in [6, 6.07) is 18.3. The van der Waals surface area contributed by atoms with Gasteiger partial charge < -0.3 is 14.4 Å². The number of fused-ring (bicyclic) bond motifs is 2. The molecule has 1 saturated heterocycles. The number of carbonyl (C=O) groups is 2. The lowest BCUT2D eigenvalue weighted by molar-refractivity contribution is -0.131. The van der Waals surface area contributed by atoms with Crippen LogP contribution in [0.3, 0.4) is 0 Å². The highest BCUT2D eigenvalue weighted by atomic mass is 16.6. The number of nitrogens with zero attached hydrogens (tertiary/aromatic N) is 2. The van der Waals surface area contributed by atoms with Gasteiger partial charge in [0.05, 0.1) is 11.9 Å². The van der Waals surface area contributed by atoms with Crippen LogP contribution in [0.2, 0.25) is 0 Å². The zero-order chi connectivity index (χ0) is 20.7. The molecule has 2 aliphatic rings. The number of esters is 1. The maximum Gasteiger partial charge on any atom is 0.410 e. The van der Waals surface area contributed by atoms with Crippen LogP contribution in [-0.2, 0) is 21.6 Å². The van der Waals surface area contributed by atoms with Gasteiger partial charge in [-0.2, -0.15) is 0 Å². The quantitative estimate of drug-likeness (QED) is 0.616. The second-order valence-electron chi connectivity index (χ2n) is 8.13. The van der Waals surface area contributed by atoms with E-state index in [1.165, 1.54) is 29.5 Å². The smallest absolute Gasteiger partial charge is 0.410 e. The summed E-state index contributed by atoms with van der Waals surface area (Å²) in [7, 11) is 0. The average Bonchev–Trinajstić information content (AvgIpc) is 3.33. The van der Waals surface area contributed by atoms with Gasteiger partial charge in [0.15, 0.2) is 0 Å². The van der Waals surface area contributed by atoms with Crippen molar-refractivity contribution < 1.29 is 19.1 Å². The molecule has 2 heterocycles. The van der Waals surface area contributed by atoms with E-state index in [2.05, 4.69) is 41.4 Å². The zero-order valence-corrected chi connectivity index (χ0v) is 16.7. The molecule has 1 amide bonds. The number of benzene rings is 2. The van der Waals surface area contributed by atoms with Crippen molar-refractivity contribution in [1.29, 1.82) is 0 Å². The van der Waals surface area contributed by atoms with Crippen LogP contribution in [0.15, 0.2) is 60.8 Å². The summed E-state index contributed by atoms with van der Waals surface area (Å²) in [4.78, 5) is 29.5. The molecule has 3 aromatic rings. The van der Waals surface area contributed by atoms with Crippen molar-refractivity contribution in [2.75, 3.05) is 13.1 Å². The van der Waals surface area contributed by atoms with E-state index in [4.69, 9.17) is 9.47 Å². The second kappa shape index (κ2) is 7.13. The Morgan fingerprint density at radius 1 is 1.13 bits per heavy atom. The topological polar surface area (TPSA) is 68.7 Å². The molecule has 6 nitrogen and oxygen atoms in total. The molecule has 0 radical (unpaired) electrons. The molecule has 2 atom stereocenters. The minimum Gasteiger partial charge on any atom is -0.443 e. The van der Waals surface area contributed by atoms with Gasteiger partial charge in [0.1, 0.15) is 12.4 Å². The number of aromatic nitrogens is 1. The average molecular weight is 402 g/mol. The van der Waals surface area contributed by atoms with E-state index < -0.39 is 5.97 Å². The van der Waals surface area contributed by atoms with Crippen LogP contribution in [-0.4, -0.2) is 35.0 Å². The number of likely N-dealkylation sites (tertiary alicyclic amines) is 1. The molecule has 2 aromatic carbocycles. The minimum atomic E-state index is -0.399. The van der Waals surface area contributed by atoms with Crippen LogP contribution in [0.1, 0.15) is 24.6 Å². The Labute approximate surface area is 174 Å². The van der Waals surface area contributed by atoms with Gasteiger partial charge in [-0.1, -0.05) is 42.5 Å². The molecular formula is C24H22N2O4. The highest BCUT2D eigenvalue weighted by molar-refractivity contribution is 5.83. The van der Waals surface area contributed by atoms with E-state index in [-0.39, 0.29) is 18.1 Å². The Balaban J connectivity index is 1.21. The SMILES string of the molecule is CC(=O)Oc1ccc(COC(=O)N2C[C@H]3C[C@@]3(c3ccc4ccccc4c3)C2)nc1. The van der Waals surface area contributed by atoms with Gasteiger partial charge in [-0.3, -0.25) is 9.78 Å². The number of pyridine rings is 1. The number of piperidine rings is 1. The monoisotopic (exact) mass is 402 g/mol. The summed E-state index contributed by atoms with van der Waals surface area (Å²) < 4.78 is 10.4. The predicted molar refractivity (Wildman–Crippen MR) is 111 cm³/mol. The van der Waals surface area contributed by atoms with Crippen LogP contribution in [0.4, 0.5) is 4.79 Å². The van der Waals surface area contributed by atoms with Gasteiger partial charge in [0, 0.05) is 25.4 Å². The number of ether oxygens (including phenoxy) is 2. The van der Waals surface area contributed by atoms with Gasteiger partial charge in [-0.05, 0) is 40.8 Å². The van der Waals surface area contributed by atoms with Crippen LogP contribution in [0, 0.1) is 5.92 Å². The first-order valence-corrected chi connectivity index (χ1v) is 10.1. The van der Waals surface area contributed by atoms with Crippen LogP contribution >= 0.6 is 0 Å². The highest BCUT2D eigenvalue weighted by Crippen LogP contribution is 2.59. The number of carbonyl (C=O) groups excluding carboxylic acids is 2. The summed E-state index contributed by atoms with van der Waals surface area (Å²) in [6.07, 6.45) is 2.26. The Morgan fingerprint density at radius 3 is 2.73 bits per heavy atom. The van der Waals surface area contributed by atoms with Gasteiger partial charge in [-0.15, -0.1) is 0 Å². The summed E-state index contributed by atoms with van der Waals surface area (Å²) in [5.41, 5.74) is 1.98. The van der Waals surface area contributed by atoms with E-state index in [0.29, 0.717) is 23.9 Å². The summed E-state index contributed by atoms with van der Waals surface area (Å²) in [6.45, 7) is 2.84. The number of hydrogen-bond donors (Lipinski definition) is 0. The molecule has 30 heavy (non-hydrogen) atoms. The molecule has 2 fully saturated rings. The fourth-order valence-electron chi connectivity index (χ4n) is 4.52. The van der Waals surface area contributed by atoms with Gasteiger partial charge in [0.25, 0.3) is 0 Å². The molecule has 1 aliphatic heterocycles. The normalized spacial score (nSPS) is 21.9. The summed E-state index contributed by atoms with van der Waals surface area (Å²) in [5, 5.41) is 2.47. The minimum absolute atomic E-state index is 0.0625. The second-order valence-corrected chi connectivity index (χ2v) is 8.13. The van der Waals surface area contributed by atoms with E-state index >= 15 is 0 Å². The van der Waals surface area contributed by atoms with E-state index in [0.717, 1.165) is 13.0 Å². The lowest BCUT2D eigenvalue weighted by Crippen LogP contribution is -2.33. The van der Waals surface area contributed by atoms with Crippen molar-refractivity contribution in [2.24, 2.45) is 5.92 Å². The molecule has 0 N–H and O–H groups in total. The largest absolute Gasteiger partial charge is 0.443 e. The lowest BCUT2D eigenvalue weighted by Gasteiger charge is -2.21. The van der Waals surface area contributed by atoms with Crippen molar-refractivity contribution >= 4 is 22.8 Å². The van der Waals surface area contributed by atoms with Crippen LogP contribution in [0.25, 0.3) is 10.8 Å². The Hall–Kier alpha value is -3.41. The first-order valence-electron chi connectivity index (χ1n) is 10.1. The summed E-state index contributed by atoms with van der Waals surface area (Å²) in [5.74, 6) is 0.464. The molecule has 6 heteroatoms. The maximum absolute atomic E-state index is 12.6. The molecule has 1 saturated carbocycles. The Morgan fingerprint density at radius 2 is 1.97 bits per heavy atom. The van der Waals surface area contributed by atoms with Crippen LogP contribution < -0.4 is 4.74 Å². The molecule has 0 bridgehead atoms. The molecular weight excluding hydrogens is 380 g/mol. The third kappa shape index (κ3) is 3.38. The van der Waals surface area contributed by atoms with Crippen molar-refractivity contribution in [3.8, 4) is 5.75 Å². The van der Waals surface area contributed by atoms with Gasteiger partial charge in [-0.25, -0.2) is 4.79 Å². The highest BCUT2D eigenvalue weighted by Gasteiger charge is 2.61.